The smallest absolute Gasteiger partial charge is 0.410 e. The summed E-state index contributed by atoms with van der Waals surface area (Å²) in [6.45, 7) is 4.77. The molecule has 1 aliphatic heterocycles. The van der Waals surface area contributed by atoms with Gasteiger partial charge in [0.15, 0.2) is 0 Å². The average molecular weight is 278 g/mol. The zero-order chi connectivity index (χ0) is 14.4. The van der Waals surface area contributed by atoms with Crippen LogP contribution in [0.2, 0.25) is 0 Å². The quantitative estimate of drug-likeness (QED) is 0.850. The number of carbonyl (C=O) groups excluding carboxylic acids is 1. The third-order valence-corrected chi connectivity index (χ3v) is 3.53. The van der Waals surface area contributed by atoms with Gasteiger partial charge in [0, 0.05) is 19.0 Å². The third-order valence-electron chi connectivity index (χ3n) is 3.53. The molecule has 1 amide bonds. The highest BCUT2D eigenvalue weighted by molar-refractivity contribution is 5.68. The number of carbonyl (C=O) groups is 1. The van der Waals surface area contributed by atoms with Crippen molar-refractivity contribution in [1.82, 2.24) is 10.2 Å². The first-order valence-electron chi connectivity index (χ1n) is 7.05. The molecule has 1 saturated heterocycles. The number of rotatable bonds is 5. The molecule has 2 unspecified atom stereocenters. The van der Waals surface area contributed by atoms with E-state index in [1.54, 1.807) is 4.90 Å². The Kier molecular flexibility index (Phi) is 5.38. The summed E-state index contributed by atoms with van der Waals surface area (Å²) in [6.07, 6.45) is -0.828. The highest BCUT2D eigenvalue weighted by Crippen LogP contribution is 2.17. The monoisotopic (exact) mass is 278 g/mol. The number of nitrogens with one attached hydrogen (secondary N) is 1. The fraction of sp³-hybridized carbons (Fsp3) is 0.533. The molecule has 0 aliphatic carbocycles. The van der Waals surface area contributed by atoms with Crippen molar-refractivity contribution in [3.8, 4) is 0 Å². The van der Waals surface area contributed by atoms with Gasteiger partial charge in [-0.05, 0) is 12.1 Å². The molecule has 2 rings (SSSR count). The van der Waals surface area contributed by atoms with Gasteiger partial charge in [-0.1, -0.05) is 37.3 Å². The van der Waals surface area contributed by atoms with Crippen LogP contribution in [-0.2, 0) is 11.3 Å². The number of ether oxygens (including phenoxy) is 1. The standard InChI is InChI=1S/C15H22N2O3/c1-2-16-8-13-9-17(10-14(13)18)15(19)20-11-12-6-4-3-5-7-12/h3-7,13-14,16,18H,2,8-11H2,1H3. The summed E-state index contributed by atoms with van der Waals surface area (Å²) < 4.78 is 5.27. The van der Waals surface area contributed by atoms with Gasteiger partial charge in [0.25, 0.3) is 0 Å². The van der Waals surface area contributed by atoms with Crippen molar-refractivity contribution in [3.63, 3.8) is 0 Å². The number of hydrogen-bond acceptors (Lipinski definition) is 4. The SMILES string of the molecule is CCNCC1CN(C(=O)OCc2ccccc2)CC1O. The maximum atomic E-state index is 12.0. The molecule has 1 fully saturated rings. The number of aliphatic hydroxyl groups is 1. The van der Waals surface area contributed by atoms with Gasteiger partial charge < -0.3 is 20.1 Å². The van der Waals surface area contributed by atoms with Crippen molar-refractivity contribution in [1.29, 1.82) is 0 Å². The molecule has 0 bridgehead atoms. The molecule has 20 heavy (non-hydrogen) atoms. The number of aliphatic hydroxyl groups excluding tert-OH is 1. The maximum Gasteiger partial charge on any atom is 0.410 e. The van der Waals surface area contributed by atoms with Crippen LogP contribution < -0.4 is 5.32 Å². The lowest BCUT2D eigenvalue weighted by molar-refractivity contribution is 0.0967. The van der Waals surface area contributed by atoms with Gasteiger partial charge in [0.2, 0.25) is 0 Å². The predicted molar refractivity (Wildman–Crippen MR) is 76.2 cm³/mol. The number of amides is 1. The summed E-state index contributed by atoms with van der Waals surface area (Å²) in [5.41, 5.74) is 0.963. The maximum absolute atomic E-state index is 12.0. The first-order valence-corrected chi connectivity index (χ1v) is 7.05. The van der Waals surface area contributed by atoms with Crippen LogP contribution in [0.1, 0.15) is 12.5 Å². The lowest BCUT2D eigenvalue weighted by Crippen LogP contribution is -2.31. The summed E-state index contributed by atoms with van der Waals surface area (Å²) in [6, 6.07) is 9.58. The summed E-state index contributed by atoms with van der Waals surface area (Å²) in [7, 11) is 0. The van der Waals surface area contributed by atoms with Crippen LogP contribution in [0.25, 0.3) is 0 Å². The Balaban J connectivity index is 1.79. The fourth-order valence-corrected chi connectivity index (χ4v) is 2.34. The van der Waals surface area contributed by atoms with E-state index in [2.05, 4.69) is 5.32 Å². The summed E-state index contributed by atoms with van der Waals surface area (Å²) in [5, 5.41) is 13.1. The van der Waals surface area contributed by atoms with Crippen LogP contribution in [0.5, 0.6) is 0 Å². The Labute approximate surface area is 119 Å². The molecule has 1 heterocycles. The van der Waals surface area contributed by atoms with E-state index in [4.69, 9.17) is 4.74 Å². The lowest BCUT2D eigenvalue weighted by Gasteiger charge is -2.16. The molecule has 0 spiro atoms. The second-order valence-corrected chi connectivity index (χ2v) is 5.08. The molecule has 1 aromatic rings. The van der Waals surface area contributed by atoms with Crippen molar-refractivity contribution >= 4 is 6.09 Å². The Hall–Kier alpha value is -1.59. The van der Waals surface area contributed by atoms with Crippen molar-refractivity contribution < 1.29 is 14.6 Å². The molecule has 0 aromatic heterocycles. The summed E-state index contributed by atoms with van der Waals surface area (Å²) in [4.78, 5) is 13.5. The third kappa shape index (κ3) is 3.95. The van der Waals surface area contributed by atoms with E-state index in [0.29, 0.717) is 13.1 Å². The zero-order valence-electron chi connectivity index (χ0n) is 11.8. The largest absolute Gasteiger partial charge is 0.445 e. The molecule has 0 saturated carbocycles. The van der Waals surface area contributed by atoms with E-state index in [9.17, 15) is 9.90 Å². The molecule has 0 radical (unpaired) electrons. The van der Waals surface area contributed by atoms with E-state index < -0.39 is 6.10 Å². The van der Waals surface area contributed by atoms with E-state index in [1.165, 1.54) is 0 Å². The Morgan fingerprint density at radius 1 is 1.40 bits per heavy atom. The van der Waals surface area contributed by atoms with Gasteiger partial charge in [-0.3, -0.25) is 0 Å². The van der Waals surface area contributed by atoms with Crippen LogP contribution in [0.4, 0.5) is 4.79 Å². The summed E-state index contributed by atoms with van der Waals surface area (Å²) >= 11 is 0. The van der Waals surface area contributed by atoms with Crippen LogP contribution >= 0.6 is 0 Å². The van der Waals surface area contributed by atoms with Crippen LogP contribution in [0, 0.1) is 5.92 Å². The molecular weight excluding hydrogens is 256 g/mol. The zero-order valence-corrected chi connectivity index (χ0v) is 11.8. The van der Waals surface area contributed by atoms with E-state index in [-0.39, 0.29) is 18.6 Å². The highest BCUT2D eigenvalue weighted by Gasteiger charge is 2.34. The number of hydrogen-bond donors (Lipinski definition) is 2. The predicted octanol–water partition coefficient (Wildman–Crippen LogP) is 1.23. The van der Waals surface area contributed by atoms with Gasteiger partial charge in [0.1, 0.15) is 6.61 Å². The number of β-amino-alcohol motifs (C(OH)–C–C–N with tert-alkyl or cyclic N) is 1. The minimum absolute atomic E-state index is 0.0826. The van der Waals surface area contributed by atoms with Crippen molar-refractivity contribution in [3.05, 3.63) is 35.9 Å². The Morgan fingerprint density at radius 2 is 2.15 bits per heavy atom. The second kappa shape index (κ2) is 7.26. The lowest BCUT2D eigenvalue weighted by atomic mass is 10.1. The topological polar surface area (TPSA) is 61.8 Å². The molecule has 1 aliphatic rings. The molecule has 5 heteroatoms. The number of benzene rings is 1. The first-order chi connectivity index (χ1) is 9.70. The average Bonchev–Trinajstić information content (AvgIpc) is 2.85. The minimum atomic E-state index is -0.474. The van der Waals surface area contributed by atoms with Crippen molar-refractivity contribution in [2.24, 2.45) is 5.92 Å². The van der Waals surface area contributed by atoms with Gasteiger partial charge in [-0.2, -0.15) is 0 Å². The Bertz CT molecular complexity index is 424. The molecule has 1 aromatic carbocycles. The second-order valence-electron chi connectivity index (χ2n) is 5.08. The van der Waals surface area contributed by atoms with Crippen molar-refractivity contribution in [2.75, 3.05) is 26.2 Å². The molecular formula is C15H22N2O3. The van der Waals surface area contributed by atoms with Crippen LogP contribution in [0.3, 0.4) is 0 Å². The van der Waals surface area contributed by atoms with E-state index in [0.717, 1.165) is 18.7 Å². The molecule has 110 valence electrons. The molecule has 2 atom stereocenters. The van der Waals surface area contributed by atoms with Crippen LogP contribution in [-0.4, -0.2) is 48.4 Å². The van der Waals surface area contributed by atoms with Crippen molar-refractivity contribution in [2.45, 2.75) is 19.6 Å². The normalized spacial score (nSPS) is 22.0. The highest BCUT2D eigenvalue weighted by atomic mass is 16.6. The molecule has 5 nitrogen and oxygen atoms in total. The summed E-state index contributed by atoms with van der Waals surface area (Å²) in [5.74, 6) is 0.0826. The minimum Gasteiger partial charge on any atom is -0.445 e. The first kappa shape index (κ1) is 14.8. The number of likely N-dealkylation sites (tertiary alicyclic amines) is 1. The van der Waals surface area contributed by atoms with Crippen LogP contribution in [0.15, 0.2) is 30.3 Å². The van der Waals surface area contributed by atoms with E-state index in [1.807, 2.05) is 37.3 Å². The van der Waals surface area contributed by atoms with Gasteiger partial charge in [-0.15, -0.1) is 0 Å². The fourth-order valence-electron chi connectivity index (χ4n) is 2.34. The van der Waals surface area contributed by atoms with Gasteiger partial charge in [-0.25, -0.2) is 4.79 Å². The van der Waals surface area contributed by atoms with E-state index >= 15 is 0 Å². The Morgan fingerprint density at radius 3 is 2.85 bits per heavy atom. The number of nitrogens with zero attached hydrogens (tertiary/aromatic N) is 1. The van der Waals surface area contributed by atoms with Gasteiger partial charge >= 0.3 is 6.09 Å². The van der Waals surface area contributed by atoms with Gasteiger partial charge in [0.05, 0.1) is 12.6 Å². The molecule has 2 N–H and O–H groups in total.